The van der Waals surface area contributed by atoms with Crippen LogP contribution in [0.1, 0.15) is 41.5 Å². The first-order chi connectivity index (χ1) is 20.3. The van der Waals surface area contributed by atoms with E-state index in [4.69, 9.17) is 4.74 Å². The van der Waals surface area contributed by atoms with E-state index in [1.165, 1.54) is 30.4 Å². The molecule has 5 aromatic rings. The highest BCUT2D eigenvalue weighted by Gasteiger charge is 2.15. The van der Waals surface area contributed by atoms with Crippen LogP contribution in [0, 0.1) is 12.7 Å². The molecule has 12 heteroatoms. The van der Waals surface area contributed by atoms with Crippen molar-refractivity contribution in [2.45, 2.75) is 39.8 Å². The minimum Gasteiger partial charge on any atom is -0.424 e. The second-order valence-electron chi connectivity index (χ2n) is 9.46. The van der Waals surface area contributed by atoms with E-state index in [9.17, 15) is 18.8 Å². The number of nitrogens with zero attached hydrogens (tertiary/aromatic N) is 4. The Morgan fingerprint density at radius 3 is 2.67 bits per heavy atom. The number of aryl methyl sites for hydroxylation is 2. The zero-order valence-electron chi connectivity index (χ0n) is 22.9. The number of hydrogen-bond acceptors (Lipinski definition) is 8. The Labute approximate surface area is 244 Å². The summed E-state index contributed by atoms with van der Waals surface area (Å²) in [5.41, 5.74) is 3.97. The SMILES string of the molecule is CC(=O)Oc1ccc(CNC(=O)CCCn2c(C)nc3cc(C(=O)Nc4nc(-c5ccccn5)cs4)ccc32)cc1F. The number of carbonyl (C=O) groups excluding carboxylic acids is 3. The van der Waals surface area contributed by atoms with Crippen molar-refractivity contribution in [2.24, 2.45) is 0 Å². The summed E-state index contributed by atoms with van der Waals surface area (Å²) in [7, 11) is 0. The van der Waals surface area contributed by atoms with Crippen LogP contribution in [-0.4, -0.2) is 37.3 Å². The fraction of sp³-hybridized carbons (Fsp3) is 0.200. The standard InChI is InChI=1S/C30H27FN6O4S/c1-18-34-24-15-21(29(40)36-30-35-25(17-42-30)23-6-3-4-12-32-23)9-10-26(24)37(18)13-5-7-28(39)33-16-20-8-11-27(22(31)14-20)41-19(2)38/h3-4,6,8-12,14-15,17H,5,7,13,16H2,1-2H3,(H,33,39)(H,35,36,40). The van der Waals surface area contributed by atoms with Crippen LogP contribution in [0.25, 0.3) is 22.4 Å². The molecule has 10 nitrogen and oxygen atoms in total. The van der Waals surface area contributed by atoms with E-state index in [1.54, 1.807) is 24.4 Å². The molecule has 0 unspecified atom stereocenters. The summed E-state index contributed by atoms with van der Waals surface area (Å²) in [6, 6.07) is 15.1. The minimum atomic E-state index is -0.669. The molecule has 0 aliphatic rings. The van der Waals surface area contributed by atoms with Gasteiger partial charge in [0.25, 0.3) is 5.91 Å². The number of esters is 1. The third-order valence-electron chi connectivity index (χ3n) is 6.38. The number of thiazole rings is 1. The molecule has 2 aromatic carbocycles. The minimum absolute atomic E-state index is 0.150. The van der Waals surface area contributed by atoms with Gasteiger partial charge >= 0.3 is 5.97 Å². The van der Waals surface area contributed by atoms with Gasteiger partial charge in [0.05, 0.1) is 16.7 Å². The van der Waals surface area contributed by atoms with E-state index in [0.717, 1.165) is 17.0 Å². The van der Waals surface area contributed by atoms with Gasteiger partial charge in [-0.3, -0.25) is 24.7 Å². The Kier molecular flexibility index (Phi) is 8.63. The van der Waals surface area contributed by atoms with Gasteiger partial charge in [-0.25, -0.2) is 14.4 Å². The van der Waals surface area contributed by atoms with Crippen LogP contribution in [0.5, 0.6) is 5.75 Å². The predicted octanol–water partition coefficient (Wildman–Crippen LogP) is 5.28. The van der Waals surface area contributed by atoms with Crippen LogP contribution in [0.15, 0.2) is 66.2 Å². The number of amides is 2. The van der Waals surface area contributed by atoms with Crippen molar-refractivity contribution in [2.75, 3.05) is 5.32 Å². The Balaban J connectivity index is 1.14. The number of ether oxygens (including phenoxy) is 1. The molecular formula is C30H27FN6O4S. The molecule has 0 fully saturated rings. The first-order valence-corrected chi connectivity index (χ1v) is 14.0. The van der Waals surface area contributed by atoms with Crippen LogP contribution >= 0.6 is 11.3 Å². The van der Waals surface area contributed by atoms with Crippen molar-refractivity contribution in [1.29, 1.82) is 0 Å². The summed E-state index contributed by atoms with van der Waals surface area (Å²) >= 11 is 1.33. The van der Waals surface area contributed by atoms with Crippen LogP contribution < -0.4 is 15.4 Å². The van der Waals surface area contributed by atoms with E-state index in [2.05, 4.69) is 25.6 Å². The van der Waals surface area contributed by atoms with Crippen LogP contribution in [-0.2, 0) is 22.7 Å². The van der Waals surface area contributed by atoms with Crippen molar-refractivity contribution in [3.8, 4) is 17.1 Å². The molecule has 3 aromatic heterocycles. The molecule has 0 atom stereocenters. The summed E-state index contributed by atoms with van der Waals surface area (Å²) in [4.78, 5) is 49.7. The number of fused-ring (bicyclic) bond motifs is 1. The van der Waals surface area contributed by atoms with Gasteiger partial charge in [0, 0.05) is 43.6 Å². The number of hydrogen-bond donors (Lipinski definition) is 2. The summed E-state index contributed by atoms with van der Waals surface area (Å²) < 4.78 is 20.8. The fourth-order valence-corrected chi connectivity index (χ4v) is 5.08. The lowest BCUT2D eigenvalue weighted by Crippen LogP contribution is -2.23. The van der Waals surface area contributed by atoms with Crippen molar-refractivity contribution in [3.05, 3.63) is 88.9 Å². The molecule has 0 spiro atoms. The average molecular weight is 587 g/mol. The molecule has 0 aliphatic heterocycles. The summed E-state index contributed by atoms with van der Waals surface area (Å²) in [5, 5.41) is 7.94. The Morgan fingerprint density at radius 1 is 1.05 bits per heavy atom. The van der Waals surface area contributed by atoms with Gasteiger partial charge in [0.1, 0.15) is 11.5 Å². The maximum atomic E-state index is 14.1. The van der Waals surface area contributed by atoms with E-state index >= 15 is 0 Å². The number of nitrogens with one attached hydrogen (secondary N) is 2. The third kappa shape index (κ3) is 6.84. The van der Waals surface area contributed by atoms with Gasteiger partial charge in [0.15, 0.2) is 16.7 Å². The number of aromatic nitrogens is 4. The molecule has 214 valence electrons. The molecule has 2 amide bonds. The summed E-state index contributed by atoms with van der Waals surface area (Å²) in [5.74, 6) is -1.12. The van der Waals surface area contributed by atoms with Gasteiger partial charge < -0.3 is 14.6 Å². The largest absolute Gasteiger partial charge is 0.424 e. The van der Waals surface area contributed by atoms with Gasteiger partial charge in [-0.1, -0.05) is 12.1 Å². The zero-order chi connectivity index (χ0) is 29.6. The maximum absolute atomic E-state index is 14.1. The van der Waals surface area contributed by atoms with E-state index < -0.39 is 11.8 Å². The van der Waals surface area contributed by atoms with Gasteiger partial charge in [-0.05, 0) is 61.4 Å². The van der Waals surface area contributed by atoms with Crippen LogP contribution in [0.2, 0.25) is 0 Å². The second kappa shape index (κ2) is 12.7. The third-order valence-corrected chi connectivity index (χ3v) is 7.14. The smallest absolute Gasteiger partial charge is 0.308 e. The summed E-state index contributed by atoms with van der Waals surface area (Å²) in [6.07, 6.45) is 2.52. The lowest BCUT2D eigenvalue weighted by Gasteiger charge is -2.09. The topological polar surface area (TPSA) is 128 Å². The second-order valence-corrected chi connectivity index (χ2v) is 10.3. The van der Waals surface area contributed by atoms with Gasteiger partial charge in [-0.15, -0.1) is 11.3 Å². The van der Waals surface area contributed by atoms with Crippen LogP contribution in [0.4, 0.5) is 9.52 Å². The number of halogens is 1. The van der Waals surface area contributed by atoms with Crippen molar-refractivity contribution in [3.63, 3.8) is 0 Å². The highest BCUT2D eigenvalue weighted by molar-refractivity contribution is 7.14. The van der Waals surface area contributed by atoms with Crippen molar-refractivity contribution < 1.29 is 23.5 Å². The fourth-order valence-electron chi connectivity index (χ4n) is 4.38. The average Bonchev–Trinajstić information content (AvgIpc) is 3.56. The van der Waals surface area contributed by atoms with E-state index in [-0.39, 0.29) is 30.5 Å². The molecule has 0 saturated heterocycles. The van der Waals surface area contributed by atoms with Crippen molar-refractivity contribution in [1.82, 2.24) is 24.8 Å². The number of rotatable bonds is 10. The van der Waals surface area contributed by atoms with Crippen molar-refractivity contribution >= 4 is 45.3 Å². The Hall–Kier alpha value is -4.97. The highest BCUT2D eigenvalue weighted by Crippen LogP contribution is 2.25. The first-order valence-electron chi connectivity index (χ1n) is 13.2. The molecule has 3 heterocycles. The molecular weight excluding hydrogens is 559 g/mol. The zero-order valence-corrected chi connectivity index (χ0v) is 23.7. The number of pyridine rings is 1. The Morgan fingerprint density at radius 2 is 1.90 bits per heavy atom. The molecule has 42 heavy (non-hydrogen) atoms. The normalized spacial score (nSPS) is 10.9. The molecule has 0 radical (unpaired) electrons. The molecule has 2 N–H and O–H groups in total. The molecule has 5 rings (SSSR count). The van der Waals surface area contributed by atoms with Crippen LogP contribution in [0.3, 0.4) is 0 Å². The van der Waals surface area contributed by atoms with Gasteiger partial charge in [-0.2, -0.15) is 0 Å². The molecule has 0 bridgehead atoms. The quantitative estimate of drug-likeness (QED) is 0.168. The summed E-state index contributed by atoms with van der Waals surface area (Å²) in [6.45, 7) is 3.78. The first kappa shape index (κ1) is 28.6. The number of imidazole rings is 1. The molecule has 0 saturated carbocycles. The lowest BCUT2D eigenvalue weighted by molar-refractivity contribution is -0.132. The number of benzene rings is 2. The predicted molar refractivity (Wildman–Crippen MR) is 157 cm³/mol. The Bertz CT molecular complexity index is 1770. The van der Waals surface area contributed by atoms with E-state index in [1.807, 2.05) is 41.1 Å². The monoisotopic (exact) mass is 586 g/mol. The number of anilines is 1. The van der Waals surface area contributed by atoms with Gasteiger partial charge in [0.2, 0.25) is 5.91 Å². The highest BCUT2D eigenvalue weighted by atomic mass is 32.1. The number of carbonyl (C=O) groups is 3. The maximum Gasteiger partial charge on any atom is 0.308 e. The van der Waals surface area contributed by atoms with E-state index in [0.29, 0.717) is 40.4 Å². The lowest BCUT2D eigenvalue weighted by atomic mass is 10.2. The molecule has 0 aliphatic carbocycles.